The Morgan fingerprint density at radius 2 is 2.26 bits per heavy atom. The summed E-state index contributed by atoms with van der Waals surface area (Å²) in [6.07, 6.45) is 1.15. The largest absolute Gasteiger partial charge is 0.464 e. The molecule has 0 aromatic carbocycles. The van der Waals surface area contributed by atoms with Gasteiger partial charge in [-0.25, -0.2) is 5.84 Å². The second-order valence-electron chi connectivity index (χ2n) is 4.17. The zero-order valence-electron chi connectivity index (χ0n) is 11.3. The third-order valence-corrected chi connectivity index (χ3v) is 4.25. The second kappa shape index (κ2) is 6.76. The van der Waals surface area contributed by atoms with E-state index in [-0.39, 0.29) is 0 Å². The molecule has 2 rings (SSSR count). The number of thioether (sulfide) groups is 1. The molecule has 1 aromatic rings. The molecule has 0 spiro atoms. The number of hydrogen-bond donors (Lipinski definition) is 2. The summed E-state index contributed by atoms with van der Waals surface area (Å²) in [6, 6.07) is 0.312. The average Bonchev–Trinajstić information content (AvgIpc) is 2.47. The topological polar surface area (TPSA) is 89.2 Å². The summed E-state index contributed by atoms with van der Waals surface area (Å²) < 4.78 is 5.34. The van der Waals surface area contributed by atoms with Crippen LogP contribution in [0.1, 0.15) is 20.3 Å². The lowest BCUT2D eigenvalue weighted by atomic mass is 10.3. The molecule has 8 heteroatoms. The first-order valence-electron chi connectivity index (χ1n) is 6.48. The van der Waals surface area contributed by atoms with Gasteiger partial charge in [0.15, 0.2) is 0 Å². The molecule has 1 aliphatic rings. The Morgan fingerprint density at radius 3 is 2.95 bits per heavy atom. The first-order valence-corrected chi connectivity index (χ1v) is 7.53. The first-order chi connectivity index (χ1) is 9.26. The van der Waals surface area contributed by atoms with Crippen LogP contribution >= 0.6 is 11.8 Å². The molecule has 0 bridgehead atoms. The summed E-state index contributed by atoms with van der Waals surface area (Å²) in [5.41, 5.74) is 2.46. The quantitative estimate of drug-likeness (QED) is 0.608. The molecule has 0 saturated carbocycles. The van der Waals surface area contributed by atoms with Gasteiger partial charge in [0, 0.05) is 24.1 Å². The molecule has 19 heavy (non-hydrogen) atoms. The molecule has 1 saturated heterocycles. The standard InChI is InChI=1S/C11H20N6OS/c1-3-8-7-17(5-6-19-8)10-13-9(16-12)14-11(15-10)18-4-2/h8H,3-7,12H2,1-2H3,(H,13,14,15,16). The van der Waals surface area contributed by atoms with E-state index in [9.17, 15) is 0 Å². The molecule has 7 nitrogen and oxygen atoms in total. The van der Waals surface area contributed by atoms with Crippen molar-refractivity contribution in [3.05, 3.63) is 0 Å². The number of ether oxygens (including phenoxy) is 1. The fourth-order valence-electron chi connectivity index (χ4n) is 1.89. The Labute approximate surface area is 117 Å². The monoisotopic (exact) mass is 284 g/mol. The van der Waals surface area contributed by atoms with Crippen molar-refractivity contribution in [3.8, 4) is 6.01 Å². The number of nitrogens with one attached hydrogen (secondary N) is 1. The summed E-state index contributed by atoms with van der Waals surface area (Å²) in [5.74, 6) is 7.43. The molecule has 0 amide bonds. The number of nitrogens with two attached hydrogens (primary N) is 1. The summed E-state index contributed by atoms with van der Waals surface area (Å²) in [5, 5.41) is 0.621. The highest BCUT2D eigenvalue weighted by Gasteiger charge is 2.22. The molecule has 1 fully saturated rings. The molecule has 1 aromatic heterocycles. The number of hydrogen-bond acceptors (Lipinski definition) is 8. The van der Waals surface area contributed by atoms with Crippen molar-refractivity contribution in [3.63, 3.8) is 0 Å². The van der Waals surface area contributed by atoms with Gasteiger partial charge in [-0.15, -0.1) is 0 Å². The van der Waals surface area contributed by atoms with Crippen LogP contribution < -0.4 is 20.9 Å². The molecule has 0 radical (unpaired) electrons. The number of anilines is 2. The van der Waals surface area contributed by atoms with Gasteiger partial charge in [0.25, 0.3) is 0 Å². The molecule has 106 valence electrons. The van der Waals surface area contributed by atoms with Gasteiger partial charge < -0.3 is 9.64 Å². The van der Waals surface area contributed by atoms with Crippen LogP contribution in [0.5, 0.6) is 6.01 Å². The lowest BCUT2D eigenvalue weighted by molar-refractivity contribution is 0.312. The highest BCUT2D eigenvalue weighted by molar-refractivity contribution is 8.00. The average molecular weight is 284 g/mol. The number of hydrazine groups is 1. The normalized spacial score (nSPS) is 19.3. The maximum absolute atomic E-state index is 5.39. The van der Waals surface area contributed by atoms with Crippen molar-refractivity contribution in [2.45, 2.75) is 25.5 Å². The van der Waals surface area contributed by atoms with Gasteiger partial charge in [-0.2, -0.15) is 26.7 Å². The summed E-state index contributed by atoms with van der Waals surface area (Å²) >= 11 is 2.00. The van der Waals surface area contributed by atoms with Crippen LogP contribution in [0.4, 0.5) is 11.9 Å². The number of nitrogens with zero attached hydrogens (tertiary/aromatic N) is 4. The Bertz CT molecular complexity index is 418. The van der Waals surface area contributed by atoms with Gasteiger partial charge in [0.05, 0.1) is 6.61 Å². The summed E-state index contributed by atoms with van der Waals surface area (Å²) in [7, 11) is 0. The van der Waals surface area contributed by atoms with Crippen LogP contribution in [0, 0.1) is 0 Å². The molecule has 3 N–H and O–H groups in total. The van der Waals surface area contributed by atoms with Crippen LogP contribution in [0.3, 0.4) is 0 Å². The molecular weight excluding hydrogens is 264 g/mol. The highest BCUT2D eigenvalue weighted by Crippen LogP contribution is 2.24. The van der Waals surface area contributed by atoms with E-state index in [2.05, 4.69) is 32.2 Å². The van der Waals surface area contributed by atoms with Gasteiger partial charge in [0.1, 0.15) is 0 Å². The van der Waals surface area contributed by atoms with Crippen molar-refractivity contribution in [2.24, 2.45) is 5.84 Å². The van der Waals surface area contributed by atoms with Crippen molar-refractivity contribution >= 4 is 23.7 Å². The zero-order chi connectivity index (χ0) is 13.7. The van der Waals surface area contributed by atoms with Crippen LogP contribution in [0.2, 0.25) is 0 Å². The first kappa shape index (κ1) is 14.1. The van der Waals surface area contributed by atoms with Crippen LogP contribution in [-0.4, -0.2) is 45.7 Å². The minimum absolute atomic E-state index is 0.312. The number of rotatable bonds is 5. The molecule has 1 aliphatic heterocycles. The summed E-state index contributed by atoms with van der Waals surface area (Å²) in [4.78, 5) is 14.9. The van der Waals surface area contributed by atoms with E-state index >= 15 is 0 Å². The van der Waals surface area contributed by atoms with E-state index in [1.54, 1.807) is 0 Å². The van der Waals surface area contributed by atoms with Gasteiger partial charge in [-0.3, -0.25) is 5.43 Å². The van der Waals surface area contributed by atoms with Crippen molar-refractivity contribution < 1.29 is 4.74 Å². The van der Waals surface area contributed by atoms with E-state index in [0.717, 1.165) is 25.3 Å². The van der Waals surface area contributed by atoms with Crippen LogP contribution in [0.15, 0.2) is 0 Å². The zero-order valence-corrected chi connectivity index (χ0v) is 12.1. The predicted octanol–water partition coefficient (Wildman–Crippen LogP) is 0.888. The maximum atomic E-state index is 5.39. The smallest absolute Gasteiger partial charge is 0.323 e. The molecular formula is C11H20N6OS. The van der Waals surface area contributed by atoms with Gasteiger partial charge in [0.2, 0.25) is 11.9 Å². The Morgan fingerprint density at radius 1 is 1.42 bits per heavy atom. The molecule has 2 heterocycles. The van der Waals surface area contributed by atoms with Crippen molar-refractivity contribution in [2.75, 3.05) is 35.8 Å². The minimum Gasteiger partial charge on any atom is -0.464 e. The van der Waals surface area contributed by atoms with Gasteiger partial charge >= 0.3 is 6.01 Å². The van der Waals surface area contributed by atoms with Crippen molar-refractivity contribution in [1.82, 2.24) is 15.0 Å². The lowest BCUT2D eigenvalue weighted by Crippen LogP contribution is -2.39. The lowest BCUT2D eigenvalue weighted by Gasteiger charge is -2.31. The fourth-order valence-corrected chi connectivity index (χ4v) is 3.07. The number of nitrogen functional groups attached to an aromatic ring is 1. The van der Waals surface area contributed by atoms with E-state index in [0.29, 0.717) is 29.8 Å². The van der Waals surface area contributed by atoms with E-state index in [1.165, 1.54) is 0 Å². The molecule has 0 aliphatic carbocycles. The van der Waals surface area contributed by atoms with Gasteiger partial charge in [-0.1, -0.05) is 6.92 Å². The Hall–Kier alpha value is -1.28. The third-order valence-electron chi connectivity index (χ3n) is 2.88. The predicted molar refractivity (Wildman–Crippen MR) is 77.6 cm³/mol. The fraction of sp³-hybridized carbons (Fsp3) is 0.727. The minimum atomic E-state index is 0.312. The van der Waals surface area contributed by atoms with E-state index in [4.69, 9.17) is 10.6 Å². The Kier molecular flexibility index (Phi) is 5.03. The van der Waals surface area contributed by atoms with Crippen LogP contribution in [0.25, 0.3) is 0 Å². The van der Waals surface area contributed by atoms with E-state index < -0.39 is 0 Å². The molecule has 1 atom stereocenters. The third kappa shape index (κ3) is 3.60. The SMILES string of the molecule is CCOc1nc(NN)nc(N2CCSC(CC)C2)n1. The van der Waals surface area contributed by atoms with Gasteiger partial charge in [-0.05, 0) is 13.3 Å². The maximum Gasteiger partial charge on any atom is 0.323 e. The summed E-state index contributed by atoms with van der Waals surface area (Å²) in [6.45, 7) is 6.49. The van der Waals surface area contributed by atoms with E-state index in [1.807, 2.05) is 18.7 Å². The molecule has 1 unspecified atom stereocenters. The van der Waals surface area contributed by atoms with Crippen molar-refractivity contribution in [1.29, 1.82) is 0 Å². The second-order valence-corrected chi connectivity index (χ2v) is 5.57. The highest BCUT2D eigenvalue weighted by atomic mass is 32.2. The van der Waals surface area contributed by atoms with Crippen LogP contribution in [-0.2, 0) is 0 Å². The Balaban J connectivity index is 2.19. The number of aromatic nitrogens is 3.